The fourth-order valence-corrected chi connectivity index (χ4v) is 11.0. The molecule has 2 N–H and O–H groups in total. The Bertz CT molecular complexity index is 987. The third kappa shape index (κ3) is 3.02. The zero-order chi connectivity index (χ0) is 26.5. The number of esters is 1. The molecule has 0 aromatic heterocycles. The fourth-order valence-electron chi connectivity index (χ4n) is 11.0. The Balaban J connectivity index is 1.59. The fraction of sp³-hybridized carbons (Fsp3) is 0.871. The number of carbonyl (C=O) groups excluding carboxylic acids is 2. The van der Waals surface area contributed by atoms with E-state index in [2.05, 4.69) is 40.7 Å². The highest BCUT2D eigenvalue weighted by Gasteiger charge is 2.69. The number of fused-ring (bicyclic) bond motifs is 7. The first-order valence-corrected chi connectivity index (χ1v) is 14.3. The molecule has 36 heavy (non-hydrogen) atoms. The highest BCUT2D eigenvalue weighted by atomic mass is 16.5. The normalized spacial score (nSPS) is 54.4. The van der Waals surface area contributed by atoms with Crippen molar-refractivity contribution in [2.75, 3.05) is 13.7 Å². The maximum Gasteiger partial charge on any atom is 0.309 e. The highest BCUT2D eigenvalue weighted by Crippen LogP contribution is 2.75. The Morgan fingerprint density at radius 1 is 1.06 bits per heavy atom. The average molecular weight is 501 g/mol. The van der Waals surface area contributed by atoms with Crippen molar-refractivity contribution in [3.63, 3.8) is 0 Å². The molecular formula is C31H48O5. The van der Waals surface area contributed by atoms with Gasteiger partial charge in [0.15, 0.2) is 0 Å². The van der Waals surface area contributed by atoms with E-state index < -0.39 is 11.5 Å². The molecule has 0 saturated heterocycles. The predicted molar refractivity (Wildman–Crippen MR) is 139 cm³/mol. The highest BCUT2D eigenvalue weighted by molar-refractivity contribution is 5.86. The maximum atomic E-state index is 13.0. The lowest BCUT2D eigenvalue weighted by Crippen LogP contribution is -2.66. The van der Waals surface area contributed by atoms with Crippen LogP contribution in [-0.4, -0.2) is 41.8 Å². The van der Waals surface area contributed by atoms with Crippen LogP contribution in [0, 0.1) is 56.7 Å². The minimum absolute atomic E-state index is 0.0103. The molecule has 11 atom stereocenters. The molecule has 0 spiro atoms. The summed E-state index contributed by atoms with van der Waals surface area (Å²) in [5.41, 5.74) is 0.664. The van der Waals surface area contributed by atoms with Crippen LogP contribution in [0.3, 0.4) is 0 Å². The van der Waals surface area contributed by atoms with Gasteiger partial charge in [0.1, 0.15) is 5.78 Å². The minimum atomic E-state index is -0.639. The Hall–Kier alpha value is -1.20. The van der Waals surface area contributed by atoms with E-state index in [-0.39, 0.29) is 63.7 Å². The van der Waals surface area contributed by atoms with Crippen LogP contribution in [0.4, 0.5) is 0 Å². The van der Waals surface area contributed by atoms with Crippen molar-refractivity contribution < 1.29 is 24.5 Å². The van der Waals surface area contributed by atoms with Gasteiger partial charge in [-0.1, -0.05) is 53.2 Å². The van der Waals surface area contributed by atoms with Crippen LogP contribution in [0.15, 0.2) is 11.6 Å². The van der Waals surface area contributed by atoms with E-state index in [4.69, 9.17) is 4.74 Å². The zero-order valence-corrected chi connectivity index (χ0v) is 23.5. The summed E-state index contributed by atoms with van der Waals surface area (Å²) in [7, 11) is 1.46. The molecule has 202 valence electrons. The molecule has 5 aliphatic rings. The number of ketones is 1. The molecular weight excluding hydrogens is 452 g/mol. The number of Topliss-reactive ketones (excluding diaryl/α,β-unsaturated/α-hetero) is 1. The molecule has 0 aromatic rings. The van der Waals surface area contributed by atoms with Crippen LogP contribution in [0.25, 0.3) is 0 Å². The molecule has 5 aliphatic carbocycles. The molecule has 0 aliphatic heterocycles. The van der Waals surface area contributed by atoms with Gasteiger partial charge in [-0.05, 0) is 84.9 Å². The standard InChI is InChI=1S/C31H48O5/c1-18-19(26(35)36-7)16-24(34)28(3)14-15-30(5)20(25(18)28)8-9-22-27(2)12-11-23(33)29(4,17-32)21(27)10-13-31(22,30)6/h8,18-19,21-22,24-25,32,34H,9-17H2,1-7H3/t18-,19+,21-,22+,24-,25-,27-,28-,29-,30+,31+/m0/s1. The van der Waals surface area contributed by atoms with Crippen molar-refractivity contribution in [2.24, 2.45) is 56.7 Å². The maximum absolute atomic E-state index is 13.0. The third-order valence-electron chi connectivity index (χ3n) is 13.5. The van der Waals surface area contributed by atoms with E-state index in [1.165, 1.54) is 12.7 Å². The summed E-state index contributed by atoms with van der Waals surface area (Å²) < 4.78 is 5.18. The lowest BCUT2D eigenvalue weighted by molar-refractivity contribution is -0.199. The topological polar surface area (TPSA) is 83.8 Å². The SMILES string of the molecule is COC(=O)[C@@H]1C[C@H](O)[C@]2(C)CC[C@]3(C)C(=CC[C@@H]4[C@@]5(C)CCC(=O)[C@@](C)(CO)[C@H]5CC[C@]43C)[C@@H]2[C@H]1C. The number of carbonyl (C=O) groups is 2. The summed E-state index contributed by atoms with van der Waals surface area (Å²) in [6.07, 6.45) is 8.94. The molecule has 0 unspecified atom stereocenters. The first-order chi connectivity index (χ1) is 16.7. The van der Waals surface area contributed by atoms with Crippen LogP contribution in [0.1, 0.15) is 92.9 Å². The molecule has 5 nitrogen and oxygen atoms in total. The van der Waals surface area contributed by atoms with Gasteiger partial charge in [-0.2, -0.15) is 0 Å². The second kappa shape index (κ2) is 8.15. The molecule has 4 saturated carbocycles. The minimum Gasteiger partial charge on any atom is -0.469 e. The summed E-state index contributed by atoms with van der Waals surface area (Å²) in [5.74, 6) is 0.694. The van der Waals surface area contributed by atoms with Gasteiger partial charge < -0.3 is 14.9 Å². The number of methoxy groups -OCH3 is 1. The first kappa shape index (κ1) is 26.4. The van der Waals surface area contributed by atoms with Gasteiger partial charge in [0, 0.05) is 11.8 Å². The Morgan fingerprint density at radius 3 is 2.39 bits per heavy atom. The van der Waals surface area contributed by atoms with E-state index in [1.54, 1.807) is 0 Å². The second-order valence-corrected chi connectivity index (χ2v) is 14.5. The molecule has 0 heterocycles. The monoisotopic (exact) mass is 500 g/mol. The summed E-state index contributed by atoms with van der Waals surface area (Å²) in [6, 6.07) is 0. The largest absolute Gasteiger partial charge is 0.469 e. The van der Waals surface area contributed by atoms with Crippen LogP contribution >= 0.6 is 0 Å². The van der Waals surface area contributed by atoms with Crippen molar-refractivity contribution in [3.05, 3.63) is 11.6 Å². The van der Waals surface area contributed by atoms with Crippen LogP contribution in [0.2, 0.25) is 0 Å². The number of hydrogen-bond acceptors (Lipinski definition) is 5. The molecule has 0 aromatic carbocycles. The first-order valence-electron chi connectivity index (χ1n) is 14.3. The van der Waals surface area contributed by atoms with Crippen molar-refractivity contribution >= 4 is 11.8 Å². The van der Waals surface area contributed by atoms with E-state index in [0.717, 1.165) is 38.5 Å². The average Bonchev–Trinajstić information content (AvgIpc) is 2.84. The van der Waals surface area contributed by atoms with Gasteiger partial charge >= 0.3 is 5.97 Å². The van der Waals surface area contributed by atoms with Gasteiger partial charge in [0.2, 0.25) is 0 Å². The number of hydrogen-bond donors (Lipinski definition) is 2. The summed E-state index contributed by atoms with van der Waals surface area (Å²) in [6.45, 7) is 13.8. The molecule has 0 amide bonds. The van der Waals surface area contributed by atoms with E-state index in [1.807, 2.05) is 6.92 Å². The van der Waals surface area contributed by atoms with Crippen molar-refractivity contribution in [1.82, 2.24) is 0 Å². The van der Waals surface area contributed by atoms with Gasteiger partial charge in [-0.25, -0.2) is 0 Å². The van der Waals surface area contributed by atoms with Crippen molar-refractivity contribution in [3.8, 4) is 0 Å². The lowest BCUT2D eigenvalue weighted by atomic mass is 9.33. The van der Waals surface area contributed by atoms with Crippen LogP contribution in [-0.2, 0) is 14.3 Å². The zero-order valence-electron chi connectivity index (χ0n) is 23.5. The van der Waals surface area contributed by atoms with Gasteiger partial charge in [-0.15, -0.1) is 0 Å². The Labute approximate surface area is 217 Å². The molecule has 0 radical (unpaired) electrons. The van der Waals surface area contributed by atoms with Gasteiger partial charge in [0.05, 0.1) is 31.2 Å². The van der Waals surface area contributed by atoms with Gasteiger partial charge in [0.25, 0.3) is 0 Å². The van der Waals surface area contributed by atoms with E-state index in [9.17, 15) is 19.8 Å². The van der Waals surface area contributed by atoms with Crippen LogP contribution < -0.4 is 0 Å². The summed E-state index contributed by atoms with van der Waals surface area (Å²) in [5, 5.41) is 21.8. The lowest BCUT2D eigenvalue weighted by Gasteiger charge is -2.71. The second-order valence-electron chi connectivity index (χ2n) is 14.5. The third-order valence-corrected chi connectivity index (χ3v) is 13.5. The number of aliphatic hydroxyl groups excluding tert-OH is 2. The number of ether oxygens (including phenoxy) is 1. The Kier molecular flexibility index (Phi) is 5.98. The molecule has 0 bridgehead atoms. The molecule has 5 heteroatoms. The number of rotatable bonds is 2. The number of aliphatic hydroxyl groups is 2. The number of allylic oxidation sites excluding steroid dienone is 2. The quantitative estimate of drug-likeness (QED) is 0.396. The van der Waals surface area contributed by atoms with E-state index >= 15 is 0 Å². The van der Waals surface area contributed by atoms with Crippen molar-refractivity contribution in [2.45, 2.75) is 99.0 Å². The molecule has 4 fully saturated rings. The summed E-state index contributed by atoms with van der Waals surface area (Å²) >= 11 is 0. The van der Waals surface area contributed by atoms with Gasteiger partial charge in [-0.3, -0.25) is 9.59 Å². The summed E-state index contributed by atoms with van der Waals surface area (Å²) in [4.78, 5) is 25.8. The van der Waals surface area contributed by atoms with Crippen LogP contribution in [0.5, 0.6) is 0 Å². The Morgan fingerprint density at radius 2 is 1.75 bits per heavy atom. The van der Waals surface area contributed by atoms with E-state index in [0.29, 0.717) is 18.8 Å². The van der Waals surface area contributed by atoms with Crippen molar-refractivity contribution in [1.29, 1.82) is 0 Å². The predicted octanol–water partition coefficient (Wildman–Crippen LogP) is 5.33. The smallest absolute Gasteiger partial charge is 0.309 e. The molecule has 5 rings (SSSR count).